The molecule has 9 aromatic carbocycles. The van der Waals surface area contributed by atoms with Gasteiger partial charge in [0, 0.05) is 45.5 Å². The van der Waals surface area contributed by atoms with Crippen molar-refractivity contribution < 1.29 is 0 Å². The fraction of sp³-hybridized carbons (Fsp3) is 0.0517. The number of para-hydroxylation sites is 2. The lowest BCUT2D eigenvalue weighted by Crippen LogP contribution is -2.15. The lowest BCUT2D eigenvalue weighted by atomic mass is 9.81. The maximum absolute atomic E-state index is 4.69. The molecule has 1 aliphatic heterocycles. The molecule has 2 aliphatic rings. The highest BCUT2D eigenvalue weighted by molar-refractivity contribution is 6.12. The Morgan fingerprint density at radius 1 is 0.410 bits per heavy atom. The van der Waals surface area contributed by atoms with Crippen LogP contribution in [0.4, 0.5) is 34.1 Å². The summed E-state index contributed by atoms with van der Waals surface area (Å²) >= 11 is 0. The molecule has 3 heteroatoms. The van der Waals surface area contributed by atoms with Gasteiger partial charge in [-0.3, -0.25) is 4.98 Å². The topological polar surface area (TPSA) is 19.4 Å². The number of nitrogens with zero attached hydrogens (tertiary/aromatic N) is 3. The summed E-state index contributed by atoms with van der Waals surface area (Å²) in [6.45, 7) is 4.73. The smallest absolute Gasteiger partial charge is 0.0723 e. The summed E-state index contributed by atoms with van der Waals surface area (Å²) in [5.41, 5.74) is 19.1. The predicted molar refractivity (Wildman–Crippen MR) is 256 cm³/mol. The van der Waals surface area contributed by atoms with Crippen molar-refractivity contribution in [1.29, 1.82) is 0 Å². The molecule has 2 heterocycles. The molecule has 0 saturated heterocycles. The lowest BCUT2D eigenvalue weighted by Gasteiger charge is -2.32. The molecule has 0 radical (unpaired) electrons. The van der Waals surface area contributed by atoms with Crippen LogP contribution in [-0.4, -0.2) is 4.98 Å². The minimum absolute atomic E-state index is 0.0906. The van der Waals surface area contributed by atoms with E-state index in [-0.39, 0.29) is 5.41 Å². The SMILES string of the molecule is CC1(C)c2cc(-c3ccc(N(c4ccccc4)c4ccc(N5c6ccccc6-c6cccc7cccc(c67)-c6ccncc65)cc4)cc3)ccc2-c2cc3ccccc3cc21. The first-order valence-electron chi connectivity index (χ1n) is 21.1. The molecule has 1 aliphatic carbocycles. The van der Waals surface area contributed by atoms with Crippen molar-refractivity contribution in [2.24, 2.45) is 0 Å². The summed E-state index contributed by atoms with van der Waals surface area (Å²) in [4.78, 5) is 9.40. The van der Waals surface area contributed by atoms with Crippen LogP contribution in [0.2, 0.25) is 0 Å². The van der Waals surface area contributed by atoms with E-state index >= 15 is 0 Å². The van der Waals surface area contributed by atoms with Gasteiger partial charge in [0.25, 0.3) is 0 Å². The second kappa shape index (κ2) is 13.7. The van der Waals surface area contributed by atoms with Crippen molar-refractivity contribution in [3.8, 4) is 44.5 Å². The van der Waals surface area contributed by atoms with Crippen LogP contribution in [0.1, 0.15) is 25.0 Å². The van der Waals surface area contributed by atoms with Crippen molar-refractivity contribution in [2.45, 2.75) is 19.3 Å². The average molecular weight is 780 g/mol. The van der Waals surface area contributed by atoms with E-state index < -0.39 is 0 Å². The summed E-state index contributed by atoms with van der Waals surface area (Å²) in [7, 11) is 0. The summed E-state index contributed by atoms with van der Waals surface area (Å²) in [5, 5.41) is 5.08. The first-order chi connectivity index (χ1) is 30.0. The van der Waals surface area contributed by atoms with Crippen molar-refractivity contribution in [3.63, 3.8) is 0 Å². The van der Waals surface area contributed by atoms with Crippen LogP contribution in [0.15, 0.2) is 213 Å². The van der Waals surface area contributed by atoms with Crippen LogP contribution in [-0.2, 0) is 5.41 Å². The van der Waals surface area contributed by atoms with Gasteiger partial charge in [-0.25, -0.2) is 0 Å². The van der Waals surface area contributed by atoms with E-state index in [4.69, 9.17) is 0 Å². The molecule has 0 atom stereocenters. The Labute approximate surface area is 356 Å². The third-order valence-corrected chi connectivity index (χ3v) is 13.1. The fourth-order valence-electron chi connectivity index (χ4n) is 10.1. The molecule has 288 valence electrons. The Morgan fingerprint density at radius 3 is 1.74 bits per heavy atom. The molecule has 0 fully saturated rings. The third-order valence-electron chi connectivity index (χ3n) is 13.1. The quantitative estimate of drug-likeness (QED) is 0.173. The molecule has 0 saturated carbocycles. The Hall–Kier alpha value is -7.75. The van der Waals surface area contributed by atoms with E-state index in [1.54, 1.807) is 0 Å². The number of pyridine rings is 1. The molecule has 0 unspecified atom stereocenters. The van der Waals surface area contributed by atoms with Crippen molar-refractivity contribution in [1.82, 2.24) is 4.98 Å². The van der Waals surface area contributed by atoms with Crippen LogP contribution in [0.3, 0.4) is 0 Å². The van der Waals surface area contributed by atoms with E-state index in [1.165, 1.54) is 71.6 Å². The second-order valence-electron chi connectivity index (χ2n) is 16.8. The van der Waals surface area contributed by atoms with Gasteiger partial charge in [-0.1, -0.05) is 135 Å². The van der Waals surface area contributed by atoms with Crippen LogP contribution in [0.25, 0.3) is 66.1 Å². The Bertz CT molecular complexity index is 3250. The molecule has 61 heavy (non-hydrogen) atoms. The Kier molecular flexibility index (Phi) is 7.88. The number of aromatic nitrogens is 1. The van der Waals surface area contributed by atoms with Gasteiger partial charge in [0.1, 0.15) is 0 Å². The normalized spacial score (nSPS) is 13.2. The number of anilines is 6. The molecular weight excluding hydrogens is 739 g/mol. The molecule has 3 nitrogen and oxygen atoms in total. The number of rotatable bonds is 5. The minimum atomic E-state index is -0.0906. The van der Waals surface area contributed by atoms with Crippen LogP contribution in [0.5, 0.6) is 0 Å². The van der Waals surface area contributed by atoms with Gasteiger partial charge in [0.05, 0.1) is 17.6 Å². The Balaban J connectivity index is 0.924. The second-order valence-corrected chi connectivity index (χ2v) is 16.8. The van der Waals surface area contributed by atoms with Crippen molar-refractivity contribution >= 4 is 55.7 Å². The maximum atomic E-state index is 4.69. The highest BCUT2D eigenvalue weighted by Gasteiger charge is 2.36. The molecule has 0 bridgehead atoms. The zero-order valence-electron chi connectivity index (χ0n) is 34.0. The average Bonchev–Trinajstić information content (AvgIpc) is 3.53. The number of hydrogen-bond donors (Lipinski definition) is 0. The van der Waals surface area contributed by atoms with Crippen LogP contribution in [0, 0.1) is 0 Å². The number of hydrogen-bond acceptors (Lipinski definition) is 3. The van der Waals surface area contributed by atoms with Gasteiger partial charge < -0.3 is 9.80 Å². The Morgan fingerprint density at radius 2 is 0.984 bits per heavy atom. The molecule has 0 spiro atoms. The predicted octanol–water partition coefficient (Wildman–Crippen LogP) is 15.9. The molecule has 1 aromatic heterocycles. The van der Waals surface area contributed by atoms with Crippen LogP contribution < -0.4 is 9.80 Å². The minimum Gasteiger partial charge on any atom is -0.311 e. The maximum Gasteiger partial charge on any atom is 0.0723 e. The van der Waals surface area contributed by atoms with Gasteiger partial charge in [0.15, 0.2) is 0 Å². The monoisotopic (exact) mass is 779 g/mol. The standard InChI is InChI=1S/C58H41N3/c1-58(2)53-36-42(24-31-47(53)52-34-40-12-6-7-13-41(40)35-54(52)58)38-22-25-44(26-23-38)60(43-16-4-3-5-17-43)45-27-29-46(30-28-45)61-55-21-9-8-18-48(55)50-19-10-14-39-15-11-20-51(57(39)50)49-32-33-59-37-56(49)61/h3-37H,1-2H3. The lowest BCUT2D eigenvalue weighted by molar-refractivity contribution is 0.661. The number of fused-ring (bicyclic) bond motifs is 8. The van der Waals surface area contributed by atoms with E-state index in [1.807, 2.05) is 12.4 Å². The van der Waals surface area contributed by atoms with Crippen LogP contribution >= 0.6 is 0 Å². The zero-order chi connectivity index (χ0) is 40.7. The van der Waals surface area contributed by atoms with Crippen molar-refractivity contribution in [3.05, 3.63) is 224 Å². The first-order valence-corrected chi connectivity index (χ1v) is 21.1. The fourth-order valence-corrected chi connectivity index (χ4v) is 10.1. The highest BCUT2D eigenvalue weighted by Crippen LogP contribution is 2.52. The molecule has 12 rings (SSSR count). The molecule has 0 amide bonds. The van der Waals surface area contributed by atoms with Gasteiger partial charge in [0.2, 0.25) is 0 Å². The van der Waals surface area contributed by atoms with Gasteiger partial charge >= 0.3 is 0 Å². The van der Waals surface area contributed by atoms with E-state index in [9.17, 15) is 0 Å². The third kappa shape index (κ3) is 5.55. The van der Waals surface area contributed by atoms with Gasteiger partial charge in [-0.05, 0) is 145 Å². The molecular formula is C58H41N3. The molecule has 0 N–H and O–H groups in total. The summed E-state index contributed by atoms with van der Waals surface area (Å²) < 4.78 is 0. The summed E-state index contributed by atoms with van der Waals surface area (Å²) in [5.74, 6) is 0. The largest absolute Gasteiger partial charge is 0.311 e. The summed E-state index contributed by atoms with van der Waals surface area (Å²) in [6, 6.07) is 73.3. The van der Waals surface area contributed by atoms with Gasteiger partial charge in [-0.15, -0.1) is 0 Å². The summed E-state index contributed by atoms with van der Waals surface area (Å²) in [6.07, 6.45) is 3.91. The zero-order valence-corrected chi connectivity index (χ0v) is 34.0. The highest BCUT2D eigenvalue weighted by atomic mass is 15.2. The van der Waals surface area contributed by atoms with E-state index in [0.29, 0.717) is 0 Å². The first kappa shape index (κ1) is 35.2. The van der Waals surface area contributed by atoms with Crippen molar-refractivity contribution in [2.75, 3.05) is 9.80 Å². The van der Waals surface area contributed by atoms with E-state index in [0.717, 1.165) is 39.7 Å². The van der Waals surface area contributed by atoms with Gasteiger partial charge in [-0.2, -0.15) is 0 Å². The number of benzene rings is 9. The van der Waals surface area contributed by atoms with E-state index in [2.05, 4.69) is 229 Å². The molecule has 10 aromatic rings.